The highest BCUT2D eigenvalue weighted by Gasteiger charge is 2.10. The summed E-state index contributed by atoms with van der Waals surface area (Å²) < 4.78 is 0. The minimum atomic E-state index is -0.0643. The van der Waals surface area contributed by atoms with Crippen molar-refractivity contribution in [1.29, 1.82) is 0 Å². The van der Waals surface area contributed by atoms with Crippen molar-refractivity contribution in [1.82, 2.24) is 5.32 Å². The lowest BCUT2D eigenvalue weighted by Gasteiger charge is -2.13. The number of hydrogen-bond acceptors (Lipinski definition) is 1. The van der Waals surface area contributed by atoms with Gasteiger partial charge in [-0.1, -0.05) is 35.2 Å². The zero-order valence-corrected chi connectivity index (χ0v) is 11.6. The van der Waals surface area contributed by atoms with E-state index in [4.69, 9.17) is 29.6 Å². The SMILES string of the molecule is C#CCNC(=O)C[NH+](C)Cc1ccc(Cl)c(Cl)c1. The first-order valence-electron chi connectivity index (χ1n) is 5.48. The number of terminal acetylenes is 1. The van der Waals surface area contributed by atoms with Gasteiger partial charge < -0.3 is 10.2 Å². The van der Waals surface area contributed by atoms with Crippen LogP contribution in [-0.2, 0) is 11.3 Å². The van der Waals surface area contributed by atoms with Crippen molar-refractivity contribution in [3.63, 3.8) is 0 Å². The van der Waals surface area contributed by atoms with Gasteiger partial charge in [0.05, 0.1) is 23.6 Å². The summed E-state index contributed by atoms with van der Waals surface area (Å²) >= 11 is 11.8. The topological polar surface area (TPSA) is 33.5 Å². The molecule has 1 aromatic carbocycles. The normalized spacial score (nSPS) is 11.7. The smallest absolute Gasteiger partial charge is 0.275 e. The predicted molar refractivity (Wildman–Crippen MR) is 73.8 cm³/mol. The number of quaternary nitrogens is 1. The van der Waals surface area contributed by atoms with Crippen LogP contribution < -0.4 is 10.2 Å². The third-order valence-electron chi connectivity index (χ3n) is 2.34. The molecule has 0 spiro atoms. The monoisotopic (exact) mass is 285 g/mol. The highest BCUT2D eigenvalue weighted by molar-refractivity contribution is 6.42. The first-order chi connectivity index (χ1) is 8.52. The number of carbonyl (C=O) groups is 1. The number of likely N-dealkylation sites (N-methyl/N-ethyl adjacent to an activating group) is 1. The molecule has 1 atom stereocenters. The van der Waals surface area contributed by atoms with Crippen molar-refractivity contribution in [2.45, 2.75) is 6.54 Å². The molecule has 96 valence electrons. The number of benzene rings is 1. The number of halogens is 2. The van der Waals surface area contributed by atoms with Crippen LogP contribution in [0.4, 0.5) is 0 Å². The van der Waals surface area contributed by atoms with Gasteiger partial charge in [-0.15, -0.1) is 6.42 Å². The fourth-order valence-corrected chi connectivity index (χ4v) is 1.87. The molecule has 1 amide bonds. The molecular weight excluding hydrogens is 271 g/mol. The summed E-state index contributed by atoms with van der Waals surface area (Å²) in [6.45, 7) is 1.32. The zero-order chi connectivity index (χ0) is 13.5. The molecule has 0 saturated heterocycles. The number of hydrogen-bond donors (Lipinski definition) is 2. The molecule has 0 saturated carbocycles. The molecule has 3 nitrogen and oxygen atoms in total. The number of nitrogens with one attached hydrogen (secondary N) is 2. The van der Waals surface area contributed by atoms with Crippen molar-refractivity contribution in [2.75, 3.05) is 20.1 Å². The largest absolute Gasteiger partial charge is 0.340 e. The van der Waals surface area contributed by atoms with Crippen molar-refractivity contribution < 1.29 is 9.69 Å². The quantitative estimate of drug-likeness (QED) is 0.770. The second kappa shape index (κ2) is 7.27. The Morgan fingerprint density at radius 1 is 1.44 bits per heavy atom. The molecular formula is C13H15Cl2N2O+. The standard InChI is InChI=1S/C13H14Cl2N2O/c1-3-6-16-13(18)9-17(2)8-10-4-5-11(14)12(15)7-10/h1,4-5,7H,6,8-9H2,2H3,(H,16,18)/p+1. The Hall–Kier alpha value is -1.21. The van der Waals surface area contributed by atoms with Gasteiger partial charge in [0.25, 0.3) is 5.91 Å². The Balaban J connectivity index is 2.49. The molecule has 0 aliphatic rings. The van der Waals surface area contributed by atoms with E-state index >= 15 is 0 Å². The van der Waals surface area contributed by atoms with Crippen LogP contribution in [0.3, 0.4) is 0 Å². The highest BCUT2D eigenvalue weighted by atomic mass is 35.5. The molecule has 0 heterocycles. The van der Waals surface area contributed by atoms with Crippen LogP contribution in [-0.4, -0.2) is 26.0 Å². The van der Waals surface area contributed by atoms with E-state index in [1.165, 1.54) is 0 Å². The number of rotatable bonds is 5. The van der Waals surface area contributed by atoms with Crippen LogP contribution in [0.1, 0.15) is 5.56 Å². The fourth-order valence-electron chi connectivity index (χ4n) is 1.55. The number of carbonyl (C=O) groups excluding carboxylic acids is 1. The minimum Gasteiger partial charge on any atom is -0.340 e. The Kier molecular flexibility index (Phi) is 6.00. The van der Waals surface area contributed by atoms with Crippen molar-refractivity contribution in [2.24, 2.45) is 0 Å². The van der Waals surface area contributed by atoms with Crippen molar-refractivity contribution >= 4 is 29.1 Å². The molecule has 1 aromatic rings. The Morgan fingerprint density at radius 2 is 2.17 bits per heavy atom. The molecule has 1 unspecified atom stereocenters. The van der Waals surface area contributed by atoms with Crippen LogP contribution in [0, 0.1) is 12.3 Å². The van der Waals surface area contributed by atoms with Crippen LogP contribution >= 0.6 is 23.2 Å². The van der Waals surface area contributed by atoms with Gasteiger partial charge >= 0.3 is 0 Å². The second-order valence-corrected chi connectivity index (χ2v) is 4.85. The molecule has 0 aliphatic carbocycles. The average molecular weight is 286 g/mol. The van der Waals surface area contributed by atoms with E-state index in [-0.39, 0.29) is 12.5 Å². The molecule has 2 N–H and O–H groups in total. The number of amides is 1. The molecule has 1 rings (SSSR count). The summed E-state index contributed by atoms with van der Waals surface area (Å²) in [6.07, 6.45) is 5.06. The van der Waals surface area contributed by atoms with Crippen LogP contribution in [0.15, 0.2) is 18.2 Å². The van der Waals surface area contributed by atoms with Gasteiger partial charge in [0, 0.05) is 5.56 Å². The summed E-state index contributed by atoms with van der Waals surface area (Å²) in [5, 5.41) is 3.69. The van der Waals surface area contributed by atoms with Crippen molar-refractivity contribution in [3.05, 3.63) is 33.8 Å². The van der Waals surface area contributed by atoms with E-state index in [9.17, 15) is 4.79 Å². The summed E-state index contributed by atoms with van der Waals surface area (Å²) in [5.41, 5.74) is 1.03. The van der Waals surface area contributed by atoms with E-state index in [2.05, 4.69) is 11.2 Å². The third kappa shape index (κ3) is 4.97. The summed E-state index contributed by atoms with van der Waals surface area (Å²) in [5.74, 6) is 2.30. The van der Waals surface area contributed by atoms with Crippen LogP contribution in [0.2, 0.25) is 10.0 Å². The molecule has 5 heteroatoms. The van der Waals surface area contributed by atoms with Gasteiger partial charge in [0.15, 0.2) is 6.54 Å². The maximum Gasteiger partial charge on any atom is 0.275 e. The van der Waals surface area contributed by atoms with Crippen LogP contribution in [0.5, 0.6) is 0 Å². The maximum atomic E-state index is 11.4. The third-order valence-corrected chi connectivity index (χ3v) is 3.08. The van der Waals surface area contributed by atoms with Crippen molar-refractivity contribution in [3.8, 4) is 12.3 Å². The van der Waals surface area contributed by atoms with Gasteiger partial charge in [-0.25, -0.2) is 0 Å². The van der Waals surface area contributed by atoms with E-state index < -0.39 is 0 Å². The molecule has 18 heavy (non-hydrogen) atoms. The van der Waals surface area contributed by atoms with E-state index in [1.807, 2.05) is 19.2 Å². The maximum absolute atomic E-state index is 11.4. The average Bonchev–Trinajstić information content (AvgIpc) is 2.31. The molecule has 0 radical (unpaired) electrons. The van der Waals surface area contributed by atoms with E-state index in [1.54, 1.807) is 6.07 Å². The molecule has 0 aromatic heterocycles. The lowest BCUT2D eigenvalue weighted by Crippen LogP contribution is -3.08. The van der Waals surface area contributed by atoms with E-state index in [0.717, 1.165) is 10.5 Å². The van der Waals surface area contributed by atoms with Gasteiger partial charge in [-0.2, -0.15) is 0 Å². The Bertz CT molecular complexity index is 469. The lowest BCUT2D eigenvalue weighted by atomic mass is 10.2. The highest BCUT2D eigenvalue weighted by Crippen LogP contribution is 2.22. The summed E-state index contributed by atoms with van der Waals surface area (Å²) in [6, 6.07) is 5.47. The first kappa shape index (κ1) is 14.8. The predicted octanol–water partition coefficient (Wildman–Crippen LogP) is 0.758. The summed E-state index contributed by atoms with van der Waals surface area (Å²) in [7, 11) is 1.93. The fraction of sp³-hybridized carbons (Fsp3) is 0.308. The second-order valence-electron chi connectivity index (χ2n) is 4.04. The van der Waals surface area contributed by atoms with Gasteiger partial charge in [-0.05, 0) is 12.1 Å². The molecule has 0 fully saturated rings. The Morgan fingerprint density at radius 3 is 2.78 bits per heavy atom. The first-order valence-corrected chi connectivity index (χ1v) is 6.24. The van der Waals surface area contributed by atoms with E-state index in [0.29, 0.717) is 23.1 Å². The van der Waals surface area contributed by atoms with Gasteiger partial charge in [-0.3, -0.25) is 4.79 Å². The lowest BCUT2D eigenvalue weighted by molar-refractivity contribution is -0.885. The van der Waals surface area contributed by atoms with Gasteiger partial charge in [0.2, 0.25) is 0 Å². The molecule has 0 bridgehead atoms. The molecule has 0 aliphatic heterocycles. The minimum absolute atomic E-state index is 0.0643. The van der Waals surface area contributed by atoms with Gasteiger partial charge in [0.1, 0.15) is 6.54 Å². The summed E-state index contributed by atoms with van der Waals surface area (Å²) in [4.78, 5) is 12.5. The Labute approximate surface area is 117 Å². The zero-order valence-electron chi connectivity index (χ0n) is 10.1. The van der Waals surface area contributed by atoms with Crippen LogP contribution in [0.25, 0.3) is 0 Å².